The molecule has 4 aromatic rings. The van der Waals surface area contributed by atoms with E-state index in [0.29, 0.717) is 59.5 Å². The van der Waals surface area contributed by atoms with Crippen LogP contribution in [0.15, 0.2) is 54.7 Å². The first kappa shape index (κ1) is 19.4. The van der Waals surface area contributed by atoms with Crippen molar-refractivity contribution in [2.24, 2.45) is 0 Å². The van der Waals surface area contributed by atoms with Gasteiger partial charge in [-0.1, -0.05) is 30.3 Å². The summed E-state index contributed by atoms with van der Waals surface area (Å²) in [5.74, 6) is -2.12. The van der Waals surface area contributed by atoms with Crippen LogP contribution in [0.3, 0.4) is 0 Å². The molecule has 0 radical (unpaired) electrons. The lowest BCUT2D eigenvalue weighted by atomic mass is 9.99. The molecule has 0 saturated heterocycles. The number of aromatic nitrogens is 3. The summed E-state index contributed by atoms with van der Waals surface area (Å²) in [4.78, 5) is 20.0. The van der Waals surface area contributed by atoms with E-state index in [9.17, 15) is 13.6 Å². The van der Waals surface area contributed by atoms with Crippen LogP contribution < -0.4 is 4.90 Å². The van der Waals surface area contributed by atoms with Gasteiger partial charge in [0.05, 0.1) is 28.5 Å². The molecule has 0 spiro atoms. The van der Waals surface area contributed by atoms with Gasteiger partial charge in [0.15, 0.2) is 17.3 Å². The molecule has 0 fully saturated rings. The zero-order valence-electron chi connectivity index (χ0n) is 17.0. The largest absolute Gasteiger partial charge is 0.308 e. The highest BCUT2D eigenvalue weighted by atomic mass is 19.2. The predicted molar refractivity (Wildman–Crippen MR) is 115 cm³/mol. The Kier molecular flexibility index (Phi) is 4.73. The second kappa shape index (κ2) is 7.58. The number of aryl methyl sites for hydroxylation is 2. The van der Waals surface area contributed by atoms with E-state index in [0.717, 1.165) is 11.6 Å². The molecule has 0 atom stereocenters. The van der Waals surface area contributed by atoms with E-state index in [2.05, 4.69) is 5.10 Å². The quantitative estimate of drug-likeness (QED) is 0.471. The molecule has 5 rings (SSSR count). The van der Waals surface area contributed by atoms with Crippen molar-refractivity contribution in [2.45, 2.75) is 26.3 Å². The Morgan fingerprint density at radius 2 is 1.87 bits per heavy atom. The number of amides is 1. The van der Waals surface area contributed by atoms with Crippen LogP contribution in [0.5, 0.6) is 0 Å². The topological polar surface area (TPSA) is 51.0 Å². The Bertz CT molecular complexity index is 1300. The molecule has 3 heterocycles. The first-order valence-electron chi connectivity index (χ1n) is 10.3. The van der Waals surface area contributed by atoms with Crippen molar-refractivity contribution in [1.82, 2.24) is 14.8 Å². The maximum atomic E-state index is 14.0. The Labute approximate surface area is 177 Å². The van der Waals surface area contributed by atoms with Gasteiger partial charge in [-0.05, 0) is 37.5 Å². The molecule has 0 bridgehead atoms. The molecule has 0 aliphatic carbocycles. The van der Waals surface area contributed by atoms with Gasteiger partial charge in [0.2, 0.25) is 0 Å². The summed E-state index contributed by atoms with van der Waals surface area (Å²) >= 11 is 0. The van der Waals surface area contributed by atoms with Gasteiger partial charge in [-0.25, -0.2) is 18.4 Å². The Balaban J connectivity index is 1.68. The van der Waals surface area contributed by atoms with E-state index in [-0.39, 0.29) is 5.91 Å². The van der Waals surface area contributed by atoms with E-state index in [1.54, 1.807) is 16.9 Å². The van der Waals surface area contributed by atoms with Crippen molar-refractivity contribution in [3.8, 4) is 11.3 Å². The van der Waals surface area contributed by atoms with Crippen LogP contribution in [0.2, 0.25) is 0 Å². The van der Waals surface area contributed by atoms with Crippen LogP contribution in [-0.4, -0.2) is 27.2 Å². The third-order valence-electron chi connectivity index (χ3n) is 5.69. The Morgan fingerprint density at radius 1 is 1.10 bits per heavy atom. The highest BCUT2D eigenvalue weighted by molar-refractivity contribution is 6.14. The van der Waals surface area contributed by atoms with Crippen LogP contribution in [0.1, 0.15) is 29.3 Å². The molecule has 2 aromatic carbocycles. The third kappa shape index (κ3) is 3.26. The SMILES string of the molecule is CCn1ncc2c(C(=O)N3CCCc4cc(F)c(F)cc43)cc(-c3ccccc3)nc21. The zero-order chi connectivity index (χ0) is 21.5. The smallest absolute Gasteiger partial charge is 0.259 e. The molecule has 2 aromatic heterocycles. The lowest BCUT2D eigenvalue weighted by Crippen LogP contribution is -2.36. The average molecular weight is 418 g/mol. The average Bonchev–Trinajstić information content (AvgIpc) is 3.22. The third-order valence-corrected chi connectivity index (χ3v) is 5.69. The van der Waals surface area contributed by atoms with Gasteiger partial charge in [0, 0.05) is 24.7 Å². The molecule has 156 valence electrons. The maximum Gasteiger partial charge on any atom is 0.259 e. The van der Waals surface area contributed by atoms with Gasteiger partial charge >= 0.3 is 0 Å². The molecule has 1 aliphatic rings. The summed E-state index contributed by atoms with van der Waals surface area (Å²) in [5, 5.41) is 5.02. The number of hydrogen-bond donors (Lipinski definition) is 0. The van der Waals surface area contributed by atoms with E-state index in [1.807, 2.05) is 37.3 Å². The molecule has 0 unspecified atom stereocenters. The van der Waals surface area contributed by atoms with Crippen molar-refractivity contribution in [3.63, 3.8) is 0 Å². The molecular formula is C24H20F2N4O. The van der Waals surface area contributed by atoms with Crippen molar-refractivity contribution >= 4 is 22.6 Å². The van der Waals surface area contributed by atoms with Gasteiger partial charge < -0.3 is 4.90 Å². The van der Waals surface area contributed by atoms with Crippen LogP contribution in [0.25, 0.3) is 22.3 Å². The normalized spacial score (nSPS) is 13.5. The molecule has 7 heteroatoms. The minimum Gasteiger partial charge on any atom is -0.308 e. The lowest BCUT2D eigenvalue weighted by Gasteiger charge is -2.30. The lowest BCUT2D eigenvalue weighted by molar-refractivity contribution is 0.0986. The number of carbonyl (C=O) groups excluding carboxylic acids is 1. The number of benzene rings is 2. The van der Waals surface area contributed by atoms with Crippen LogP contribution in [0.4, 0.5) is 14.5 Å². The maximum absolute atomic E-state index is 14.0. The van der Waals surface area contributed by atoms with E-state index in [1.165, 1.54) is 11.0 Å². The Hall–Kier alpha value is -3.61. The second-order valence-corrected chi connectivity index (χ2v) is 7.57. The van der Waals surface area contributed by atoms with Crippen molar-refractivity contribution in [2.75, 3.05) is 11.4 Å². The number of carbonyl (C=O) groups is 1. The number of hydrogen-bond acceptors (Lipinski definition) is 3. The predicted octanol–water partition coefficient (Wildman–Crippen LogP) is 4.99. The number of anilines is 1. The fourth-order valence-corrected chi connectivity index (χ4v) is 4.15. The van der Waals surface area contributed by atoms with Gasteiger partial charge in [0.25, 0.3) is 5.91 Å². The summed E-state index contributed by atoms with van der Waals surface area (Å²) in [7, 11) is 0. The monoisotopic (exact) mass is 418 g/mol. The number of rotatable bonds is 3. The standard InChI is InChI=1S/C24H20F2N4O/c1-2-30-23-18(14-27-30)17(12-21(28-23)15-7-4-3-5-8-15)24(31)29-10-6-9-16-11-19(25)20(26)13-22(16)29/h3-5,7-8,11-14H,2,6,9-10H2,1H3. The molecule has 31 heavy (non-hydrogen) atoms. The number of pyridine rings is 1. The van der Waals surface area contributed by atoms with Gasteiger partial charge in [-0.15, -0.1) is 0 Å². The fourth-order valence-electron chi connectivity index (χ4n) is 4.15. The Morgan fingerprint density at radius 3 is 2.65 bits per heavy atom. The van der Waals surface area contributed by atoms with E-state index < -0.39 is 11.6 Å². The van der Waals surface area contributed by atoms with Crippen molar-refractivity contribution in [1.29, 1.82) is 0 Å². The van der Waals surface area contributed by atoms with E-state index in [4.69, 9.17) is 4.98 Å². The summed E-state index contributed by atoms with van der Waals surface area (Å²) in [6, 6.07) is 13.7. The van der Waals surface area contributed by atoms with Gasteiger partial charge in [0.1, 0.15) is 0 Å². The van der Waals surface area contributed by atoms with E-state index >= 15 is 0 Å². The summed E-state index contributed by atoms with van der Waals surface area (Å²) < 4.78 is 29.5. The first-order valence-corrected chi connectivity index (χ1v) is 10.3. The van der Waals surface area contributed by atoms with Gasteiger partial charge in [-0.2, -0.15) is 5.10 Å². The van der Waals surface area contributed by atoms with Gasteiger partial charge in [-0.3, -0.25) is 4.79 Å². The fraction of sp³-hybridized carbons (Fsp3) is 0.208. The molecule has 0 N–H and O–H groups in total. The highest BCUT2D eigenvalue weighted by Gasteiger charge is 2.28. The first-order chi connectivity index (χ1) is 15.1. The van der Waals surface area contributed by atoms with Crippen molar-refractivity contribution in [3.05, 3.63) is 77.5 Å². The summed E-state index contributed by atoms with van der Waals surface area (Å²) in [6.07, 6.45) is 2.92. The summed E-state index contributed by atoms with van der Waals surface area (Å²) in [5.41, 5.74) is 3.67. The molecule has 1 amide bonds. The molecular weight excluding hydrogens is 398 g/mol. The number of fused-ring (bicyclic) bond motifs is 2. The molecule has 1 aliphatic heterocycles. The summed E-state index contributed by atoms with van der Waals surface area (Å²) in [6.45, 7) is 3.01. The molecule has 5 nitrogen and oxygen atoms in total. The number of halogens is 2. The highest BCUT2D eigenvalue weighted by Crippen LogP contribution is 2.33. The second-order valence-electron chi connectivity index (χ2n) is 7.57. The van der Waals surface area contributed by atoms with Crippen LogP contribution in [0, 0.1) is 11.6 Å². The zero-order valence-corrected chi connectivity index (χ0v) is 17.0. The minimum atomic E-state index is -0.956. The number of nitrogens with zero attached hydrogens (tertiary/aromatic N) is 4. The van der Waals surface area contributed by atoms with Crippen LogP contribution in [-0.2, 0) is 13.0 Å². The van der Waals surface area contributed by atoms with Crippen LogP contribution >= 0.6 is 0 Å². The van der Waals surface area contributed by atoms with Crippen molar-refractivity contribution < 1.29 is 13.6 Å². The minimum absolute atomic E-state index is 0.271. The molecule has 0 saturated carbocycles.